The second-order valence-corrected chi connectivity index (χ2v) is 9.03. The van der Waals surface area contributed by atoms with E-state index in [0.717, 1.165) is 49.2 Å². The van der Waals surface area contributed by atoms with Crippen LogP contribution in [0.2, 0.25) is 0 Å². The van der Waals surface area contributed by atoms with Crippen LogP contribution in [0, 0.1) is 5.41 Å². The Morgan fingerprint density at radius 3 is 2.57 bits per heavy atom. The highest BCUT2D eigenvalue weighted by Crippen LogP contribution is 2.27. The summed E-state index contributed by atoms with van der Waals surface area (Å²) in [7, 11) is 0. The van der Waals surface area contributed by atoms with Gasteiger partial charge in [-0.25, -0.2) is 0 Å². The Kier molecular flexibility index (Phi) is 6.63. The quantitative estimate of drug-likeness (QED) is 0.729. The molecule has 0 aromatic heterocycles. The number of rotatable bonds is 6. The fraction of sp³-hybridized carbons (Fsp3) is 0.500. The van der Waals surface area contributed by atoms with Gasteiger partial charge < -0.3 is 14.9 Å². The van der Waals surface area contributed by atoms with Crippen molar-refractivity contribution < 1.29 is 14.9 Å². The summed E-state index contributed by atoms with van der Waals surface area (Å²) >= 11 is 0. The topological polar surface area (TPSA) is 52.9 Å². The fourth-order valence-electron chi connectivity index (χ4n) is 3.84. The van der Waals surface area contributed by atoms with E-state index in [2.05, 4.69) is 49.9 Å². The molecule has 2 aromatic rings. The molecule has 4 nitrogen and oxygen atoms in total. The van der Waals surface area contributed by atoms with Crippen LogP contribution in [0.25, 0.3) is 0 Å². The van der Waals surface area contributed by atoms with E-state index >= 15 is 0 Å². The number of ether oxygens (including phenoxy) is 1. The molecule has 1 unspecified atom stereocenters. The first-order valence-electron chi connectivity index (χ1n) is 10.2. The number of hydrogen-bond acceptors (Lipinski definition) is 4. The van der Waals surface area contributed by atoms with Gasteiger partial charge in [-0.05, 0) is 65.6 Å². The van der Waals surface area contributed by atoms with Crippen molar-refractivity contribution in [3.63, 3.8) is 0 Å². The number of nitrogens with zero attached hydrogens (tertiary/aromatic N) is 1. The molecule has 0 radical (unpaired) electrons. The molecule has 1 aliphatic rings. The number of aromatic hydroxyl groups is 1. The second kappa shape index (κ2) is 8.97. The molecule has 0 amide bonds. The number of aliphatic hydroxyl groups excluding tert-OH is 1. The average Bonchev–Trinajstić information content (AvgIpc) is 2.77. The Labute approximate surface area is 168 Å². The normalized spacial score (nSPS) is 17.8. The molecular weight excluding hydrogens is 350 g/mol. The van der Waals surface area contributed by atoms with E-state index in [1.54, 1.807) is 12.1 Å². The van der Waals surface area contributed by atoms with Crippen molar-refractivity contribution in [3.05, 3.63) is 59.2 Å². The van der Waals surface area contributed by atoms with Crippen LogP contribution in [0.3, 0.4) is 0 Å². The number of β-amino-alcohol motifs (C(OH)–C–C–N with tert-alkyl or cyclic N) is 1. The Balaban J connectivity index is 1.43. The maximum Gasteiger partial charge on any atom is 0.119 e. The summed E-state index contributed by atoms with van der Waals surface area (Å²) in [4.78, 5) is 2.28. The first-order chi connectivity index (χ1) is 13.3. The molecule has 0 bridgehead atoms. The Morgan fingerprint density at radius 1 is 1.11 bits per heavy atom. The molecule has 2 N–H and O–H groups in total. The number of aliphatic hydroxyl groups is 1. The Morgan fingerprint density at radius 2 is 1.86 bits per heavy atom. The molecule has 4 heteroatoms. The largest absolute Gasteiger partial charge is 0.508 e. The van der Waals surface area contributed by atoms with Crippen LogP contribution in [0.1, 0.15) is 50.0 Å². The third-order valence-corrected chi connectivity index (χ3v) is 5.16. The summed E-state index contributed by atoms with van der Waals surface area (Å²) < 4.78 is 5.90. The minimum atomic E-state index is -0.505. The zero-order valence-corrected chi connectivity index (χ0v) is 17.3. The van der Waals surface area contributed by atoms with Gasteiger partial charge >= 0.3 is 0 Å². The lowest BCUT2D eigenvalue weighted by atomic mass is 9.88. The van der Waals surface area contributed by atoms with E-state index in [9.17, 15) is 10.2 Å². The molecule has 1 aliphatic heterocycles. The minimum absolute atomic E-state index is 0.265. The first kappa shape index (κ1) is 20.7. The standard InChI is InChI=1S/C24H33NO3/c1-24(2,3)16-18-5-8-21(9-6-18)28-14-4-12-25-13-11-19-15-20(26)7-10-22(19)23(27)17-25/h5-10,15,23,26-27H,4,11-14,16-17H2,1-3H3. The van der Waals surface area contributed by atoms with Crippen molar-refractivity contribution >= 4 is 0 Å². The van der Waals surface area contributed by atoms with E-state index in [1.807, 2.05) is 6.07 Å². The van der Waals surface area contributed by atoms with Crippen molar-refractivity contribution in [1.82, 2.24) is 4.90 Å². The van der Waals surface area contributed by atoms with Gasteiger partial charge in [0.15, 0.2) is 0 Å². The van der Waals surface area contributed by atoms with E-state index in [4.69, 9.17) is 4.74 Å². The predicted molar refractivity (Wildman–Crippen MR) is 113 cm³/mol. The van der Waals surface area contributed by atoms with Gasteiger partial charge in [0.25, 0.3) is 0 Å². The molecule has 0 spiro atoms. The number of fused-ring (bicyclic) bond motifs is 1. The minimum Gasteiger partial charge on any atom is -0.508 e. The van der Waals surface area contributed by atoms with E-state index in [1.165, 1.54) is 5.56 Å². The van der Waals surface area contributed by atoms with Crippen molar-refractivity contribution in [3.8, 4) is 11.5 Å². The van der Waals surface area contributed by atoms with Crippen LogP contribution in [-0.2, 0) is 12.8 Å². The summed E-state index contributed by atoms with van der Waals surface area (Å²) in [5, 5.41) is 20.2. The highest BCUT2D eigenvalue weighted by Gasteiger charge is 2.21. The molecule has 1 heterocycles. The average molecular weight is 384 g/mol. The van der Waals surface area contributed by atoms with Crippen LogP contribution in [-0.4, -0.2) is 41.4 Å². The molecular formula is C24H33NO3. The highest BCUT2D eigenvalue weighted by atomic mass is 16.5. The van der Waals surface area contributed by atoms with Crippen molar-refractivity contribution in [1.29, 1.82) is 0 Å². The van der Waals surface area contributed by atoms with Crippen LogP contribution >= 0.6 is 0 Å². The molecule has 1 atom stereocenters. The lowest BCUT2D eigenvalue weighted by Crippen LogP contribution is -2.30. The van der Waals surface area contributed by atoms with Crippen molar-refractivity contribution in [2.24, 2.45) is 5.41 Å². The Bertz CT molecular complexity index is 764. The maximum atomic E-state index is 10.5. The summed E-state index contributed by atoms with van der Waals surface area (Å²) in [5.41, 5.74) is 3.61. The van der Waals surface area contributed by atoms with Gasteiger partial charge in [-0.1, -0.05) is 39.0 Å². The van der Waals surface area contributed by atoms with E-state index in [0.29, 0.717) is 18.6 Å². The van der Waals surface area contributed by atoms with E-state index in [-0.39, 0.29) is 5.75 Å². The fourth-order valence-corrected chi connectivity index (χ4v) is 3.84. The van der Waals surface area contributed by atoms with Gasteiger partial charge in [0.1, 0.15) is 11.5 Å². The summed E-state index contributed by atoms with van der Waals surface area (Å²) in [5.74, 6) is 1.18. The summed E-state index contributed by atoms with van der Waals surface area (Å²) in [6.07, 6.45) is 2.31. The van der Waals surface area contributed by atoms with Crippen LogP contribution in [0.15, 0.2) is 42.5 Å². The molecule has 3 rings (SSSR count). The van der Waals surface area contributed by atoms with Gasteiger partial charge in [-0.2, -0.15) is 0 Å². The van der Waals surface area contributed by atoms with Crippen LogP contribution in [0.5, 0.6) is 11.5 Å². The van der Waals surface area contributed by atoms with Gasteiger partial charge in [-0.3, -0.25) is 4.90 Å². The van der Waals surface area contributed by atoms with Gasteiger partial charge in [0.2, 0.25) is 0 Å². The lowest BCUT2D eigenvalue weighted by Gasteiger charge is -2.22. The molecule has 28 heavy (non-hydrogen) atoms. The SMILES string of the molecule is CC(C)(C)Cc1ccc(OCCCN2CCc3cc(O)ccc3C(O)C2)cc1. The lowest BCUT2D eigenvalue weighted by molar-refractivity contribution is 0.116. The van der Waals surface area contributed by atoms with E-state index < -0.39 is 6.10 Å². The van der Waals surface area contributed by atoms with Crippen LogP contribution in [0.4, 0.5) is 0 Å². The predicted octanol–water partition coefficient (Wildman–Crippen LogP) is 4.34. The monoisotopic (exact) mass is 383 g/mol. The molecule has 152 valence electrons. The highest BCUT2D eigenvalue weighted by molar-refractivity contribution is 5.37. The summed E-state index contributed by atoms with van der Waals surface area (Å²) in [6, 6.07) is 13.7. The van der Waals surface area contributed by atoms with Gasteiger partial charge in [0, 0.05) is 19.6 Å². The maximum absolute atomic E-state index is 10.5. The number of benzene rings is 2. The van der Waals surface area contributed by atoms with Crippen molar-refractivity contribution in [2.75, 3.05) is 26.2 Å². The number of phenols is 1. The van der Waals surface area contributed by atoms with Crippen LogP contribution < -0.4 is 4.74 Å². The zero-order valence-electron chi connectivity index (χ0n) is 17.3. The Hall–Kier alpha value is -2.04. The zero-order chi connectivity index (χ0) is 20.1. The second-order valence-electron chi connectivity index (χ2n) is 9.03. The first-order valence-corrected chi connectivity index (χ1v) is 10.2. The molecule has 0 aliphatic carbocycles. The summed E-state index contributed by atoms with van der Waals surface area (Å²) in [6.45, 7) is 9.81. The molecule has 0 saturated carbocycles. The van der Waals surface area contributed by atoms with Crippen molar-refractivity contribution in [2.45, 2.75) is 46.1 Å². The molecule has 0 fully saturated rings. The third kappa shape index (κ3) is 5.98. The molecule has 2 aromatic carbocycles. The third-order valence-electron chi connectivity index (χ3n) is 5.16. The van der Waals surface area contributed by atoms with Gasteiger partial charge in [0.05, 0.1) is 12.7 Å². The number of hydrogen-bond donors (Lipinski definition) is 2. The van der Waals surface area contributed by atoms with Gasteiger partial charge in [-0.15, -0.1) is 0 Å². The smallest absolute Gasteiger partial charge is 0.119 e. The molecule has 0 saturated heterocycles. The number of phenolic OH excluding ortho intramolecular Hbond substituents is 1.